The smallest absolute Gasteiger partial charge is 0.0307 e. The van der Waals surface area contributed by atoms with Crippen LogP contribution in [0.5, 0.6) is 0 Å². The Bertz CT molecular complexity index is 576. The minimum Gasteiger partial charge on any atom is -0.330 e. The van der Waals surface area contributed by atoms with Crippen LogP contribution in [0, 0.1) is 0 Å². The molecule has 0 fully saturated rings. The molecule has 5 N–H and O–H groups in total. The molecule has 0 aliphatic heterocycles. The van der Waals surface area contributed by atoms with E-state index in [-0.39, 0.29) is 6.04 Å². The van der Waals surface area contributed by atoms with Crippen LogP contribution < -0.4 is 16.8 Å². The normalized spacial score (nSPS) is 12.6. The Hall–Kier alpha value is -1.94. The van der Waals surface area contributed by atoms with Crippen molar-refractivity contribution in [2.24, 2.45) is 11.5 Å². The molecule has 1 unspecified atom stereocenters. The molecule has 2 aromatic rings. The lowest BCUT2D eigenvalue weighted by Crippen LogP contribution is -2.23. The number of rotatable bonds is 9. The maximum atomic E-state index is 6.24. The van der Waals surface area contributed by atoms with Crippen LogP contribution in [-0.4, -0.2) is 19.6 Å². The minimum atomic E-state index is 0.0764. The quantitative estimate of drug-likeness (QED) is 0.492. The van der Waals surface area contributed by atoms with Gasteiger partial charge in [-0.15, -0.1) is 0 Å². The Morgan fingerprint density at radius 2 is 1.52 bits per heavy atom. The van der Waals surface area contributed by atoms with Gasteiger partial charge in [-0.3, -0.25) is 0 Å². The van der Waals surface area contributed by atoms with Gasteiger partial charge in [-0.25, -0.2) is 0 Å². The van der Waals surface area contributed by atoms with E-state index in [4.69, 9.17) is 11.5 Å². The summed E-state index contributed by atoms with van der Waals surface area (Å²) in [6, 6.07) is 18.9. The van der Waals surface area contributed by atoms with E-state index in [9.17, 15) is 0 Å². The van der Waals surface area contributed by atoms with Crippen molar-refractivity contribution < 1.29 is 0 Å². The topological polar surface area (TPSA) is 64.1 Å². The van der Waals surface area contributed by atoms with Crippen LogP contribution in [0.15, 0.2) is 54.6 Å². The molecule has 0 spiro atoms. The minimum absolute atomic E-state index is 0.0764. The molecule has 0 aliphatic carbocycles. The van der Waals surface area contributed by atoms with E-state index in [0.29, 0.717) is 0 Å². The van der Waals surface area contributed by atoms with Crippen LogP contribution >= 0.6 is 0 Å². The summed E-state index contributed by atoms with van der Waals surface area (Å²) < 4.78 is 0. The standard InChI is InChI=1S/C20H27N3/c21-14-4-15-23-16-13-20(22)19-11-9-18(10-12-19)8-7-17-5-2-1-3-6-17/h1-3,5-12,20,23H,4,13-16,21-22H2/b8-7+. The van der Waals surface area contributed by atoms with E-state index >= 15 is 0 Å². The molecule has 0 aromatic heterocycles. The van der Waals surface area contributed by atoms with Crippen molar-refractivity contribution in [2.75, 3.05) is 19.6 Å². The highest BCUT2D eigenvalue weighted by Gasteiger charge is 2.04. The van der Waals surface area contributed by atoms with Crippen molar-refractivity contribution in [3.05, 3.63) is 71.3 Å². The van der Waals surface area contributed by atoms with Crippen molar-refractivity contribution in [3.63, 3.8) is 0 Å². The maximum Gasteiger partial charge on any atom is 0.0307 e. The van der Waals surface area contributed by atoms with Crippen molar-refractivity contribution in [1.82, 2.24) is 5.32 Å². The zero-order valence-corrected chi connectivity index (χ0v) is 13.6. The van der Waals surface area contributed by atoms with E-state index in [2.05, 4.69) is 53.9 Å². The fourth-order valence-electron chi connectivity index (χ4n) is 2.39. The molecule has 3 heteroatoms. The molecule has 122 valence electrons. The van der Waals surface area contributed by atoms with Crippen molar-refractivity contribution in [2.45, 2.75) is 18.9 Å². The molecule has 1 atom stereocenters. The van der Waals surface area contributed by atoms with Gasteiger partial charge < -0.3 is 16.8 Å². The van der Waals surface area contributed by atoms with Gasteiger partial charge in [0.1, 0.15) is 0 Å². The van der Waals surface area contributed by atoms with Gasteiger partial charge in [0.2, 0.25) is 0 Å². The maximum absolute atomic E-state index is 6.24. The van der Waals surface area contributed by atoms with E-state index in [1.54, 1.807) is 0 Å². The van der Waals surface area contributed by atoms with Gasteiger partial charge in [0, 0.05) is 6.04 Å². The highest BCUT2D eigenvalue weighted by Crippen LogP contribution is 2.16. The highest BCUT2D eigenvalue weighted by atomic mass is 14.9. The van der Waals surface area contributed by atoms with E-state index in [1.165, 1.54) is 16.7 Å². The first-order valence-corrected chi connectivity index (χ1v) is 8.29. The van der Waals surface area contributed by atoms with E-state index < -0.39 is 0 Å². The number of nitrogens with one attached hydrogen (secondary N) is 1. The fraction of sp³-hybridized carbons (Fsp3) is 0.300. The average molecular weight is 309 g/mol. The van der Waals surface area contributed by atoms with Gasteiger partial charge in [0.25, 0.3) is 0 Å². The second kappa shape index (κ2) is 9.95. The van der Waals surface area contributed by atoms with Gasteiger partial charge in [0.05, 0.1) is 0 Å². The molecule has 3 nitrogen and oxygen atoms in total. The van der Waals surface area contributed by atoms with Crippen molar-refractivity contribution >= 4 is 12.2 Å². The first kappa shape index (κ1) is 17.4. The molecule has 2 aromatic carbocycles. The monoisotopic (exact) mass is 309 g/mol. The lowest BCUT2D eigenvalue weighted by Gasteiger charge is -2.13. The third-order valence-electron chi connectivity index (χ3n) is 3.82. The second-order valence-electron chi connectivity index (χ2n) is 5.70. The van der Waals surface area contributed by atoms with E-state index in [1.807, 2.05) is 18.2 Å². The average Bonchev–Trinajstić information content (AvgIpc) is 2.61. The Kier molecular flexibility index (Phi) is 7.54. The summed E-state index contributed by atoms with van der Waals surface area (Å²) in [4.78, 5) is 0. The number of hydrogen-bond donors (Lipinski definition) is 3. The molecular weight excluding hydrogens is 282 g/mol. The molecule has 0 bridgehead atoms. The summed E-state index contributed by atoms with van der Waals surface area (Å²) in [5.74, 6) is 0. The first-order valence-electron chi connectivity index (χ1n) is 8.29. The summed E-state index contributed by atoms with van der Waals surface area (Å²) in [7, 11) is 0. The summed E-state index contributed by atoms with van der Waals surface area (Å²) in [5, 5.41) is 3.37. The SMILES string of the molecule is NCCCNCCC(N)c1ccc(/C=C/c2ccccc2)cc1. The molecule has 0 saturated carbocycles. The second-order valence-corrected chi connectivity index (χ2v) is 5.70. The summed E-state index contributed by atoms with van der Waals surface area (Å²) in [6.07, 6.45) is 6.19. The van der Waals surface area contributed by atoms with Crippen LogP contribution in [-0.2, 0) is 0 Å². The molecule has 0 amide bonds. The number of nitrogens with two attached hydrogens (primary N) is 2. The zero-order valence-electron chi connectivity index (χ0n) is 13.6. The van der Waals surface area contributed by atoms with Crippen LogP contribution in [0.25, 0.3) is 12.2 Å². The highest BCUT2D eigenvalue weighted by molar-refractivity contribution is 5.69. The van der Waals surface area contributed by atoms with Gasteiger partial charge in [-0.05, 0) is 49.2 Å². The van der Waals surface area contributed by atoms with Crippen LogP contribution in [0.3, 0.4) is 0 Å². The van der Waals surface area contributed by atoms with Crippen LogP contribution in [0.1, 0.15) is 35.6 Å². The van der Waals surface area contributed by atoms with Crippen LogP contribution in [0.2, 0.25) is 0 Å². The van der Waals surface area contributed by atoms with Gasteiger partial charge in [-0.1, -0.05) is 66.7 Å². The van der Waals surface area contributed by atoms with E-state index in [0.717, 1.165) is 32.5 Å². The lowest BCUT2D eigenvalue weighted by atomic mass is 10.0. The molecular formula is C20H27N3. The van der Waals surface area contributed by atoms with Crippen LogP contribution in [0.4, 0.5) is 0 Å². The third-order valence-corrected chi connectivity index (χ3v) is 3.82. The predicted octanol–water partition coefficient (Wildman–Crippen LogP) is 3.19. The molecule has 2 rings (SSSR count). The molecule has 23 heavy (non-hydrogen) atoms. The molecule has 0 radical (unpaired) electrons. The van der Waals surface area contributed by atoms with Gasteiger partial charge in [0.15, 0.2) is 0 Å². The Labute approximate surface area is 139 Å². The Morgan fingerprint density at radius 1 is 0.870 bits per heavy atom. The fourth-order valence-corrected chi connectivity index (χ4v) is 2.39. The zero-order chi connectivity index (χ0) is 16.3. The molecule has 0 heterocycles. The Balaban J connectivity index is 1.83. The molecule has 0 aliphatic rings. The summed E-state index contributed by atoms with van der Waals surface area (Å²) in [6.45, 7) is 2.63. The van der Waals surface area contributed by atoms with Gasteiger partial charge >= 0.3 is 0 Å². The van der Waals surface area contributed by atoms with Crippen molar-refractivity contribution in [1.29, 1.82) is 0 Å². The largest absolute Gasteiger partial charge is 0.330 e. The predicted molar refractivity (Wildman–Crippen MR) is 99.9 cm³/mol. The lowest BCUT2D eigenvalue weighted by molar-refractivity contribution is 0.571. The summed E-state index contributed by atoms with van der Waals surface area (Å²) >= 11 is 0. The van der Waals surface area contributed by atoms with Gasteiger partial charge in [-0.2, -0.15) is 0 Å². The number of benzene rings is 2. The van der Waals surface area contributed by atoms with Crippen molar-refractivity contribution in [3.8, 4) is 0 Å². The molecule has 0 saturated heterocycles. The third kappa shape index (κ3) is 6.37. The Morgan fingerprint density at radius 3 is 2.17 bits per heavy atom. The summed E-state index contributed by atoms with van der Waals surface area (Å²) in [5.41, 5.74) is 15.3. The number of hydrogen-bond acceptors (Lipinski definition) is 3. The first-order chi connectivity index (χ1) is 11.3.